The van der Waals surface area contributed by atoms with Crippen LogP contribution in [0.4, 0.5) is 4.79 Å². The van der Waals surface area contributed by atoms with E-state index in [4.69, 9.17) is 4.74 Å². The molecule has 0 aromatic carbocycles. The van der Waals surface area contributed by atoms with Crippen LogP contribution < -0.4 is 10.6 Å². The molecule has 1 saturated heterocycles. The summed E-state index contributed by atoms with van der Waals surface area (Å²) in [5.41, 5.74) is 0. The second-order valence-electron chi connectivity index (χ2n) is 6.79. The van der Waals surface area contributed by atoms with Gasteiger partial charge in [0, 0.05) is 32.2 Å². The molecule has 2 amide bonds. The van der Waals surface area contributed by atoms with E-state index in [1.807, 2.05) is 0 Å². The monoisotopic (exact) mass is 367 g/mol. The molecule has 0 bridgehead atoms. The molecule has 1 saturated carbocycles. The highest BCUT2D eigenvalue weighted by Gasteiger charge is 2.23. The van der Waals surface area contributed by atoms with Gasteiger partial charge in [0.05, 0.1) is 6.10 Å². The fraction of sp³-hybridized carbons (Fsp3) is 0.824. The van der Waals surface area contributed by atoms with Crippen LogP contribution in [0, 0.1) is 0 Å². The summed E-state index contributed by atoms with van der Waals surface area (Å²) in [6.07, 6.45) is 11.1. The maximum atomic E-state index is 11.8. The Kier molecular flexibility index (Phi) is 6.98. The fourth-order valence-electron chi connectivity index (χ4n) is 3.67. The SMILES string of the molecule is CSc1nnc(CCCNC(=O)NC[C@H]2CCCO2)n1C1CCCC1. The number of hydrogen-bond acceptors (Lipinski definition) is 5. The van der Waals surface area contributed by atoms with E-state index in [9.17, 15) is 4.79 Å². The molecule has 2 heterocycles. The van der Waals surface area contributed by atoms with Crippen LogP contribution in [0.3, 0.4) is 0 Å². The molecule has 0 radical (unpaired) electrons. The number of ether oxygens (including phenoxy) is 1. The van der Waals surface area contributed by atoms with Gasteiger partial charge in [-0.15, -0.1) is 10.2 Å². The number of amides is 2. The molecule has 3 rings (SSSR count). The number of carbonyl (C=O) groups excluding carboxylic acids is 1. The van der Waals surface area contributed by atoms with Crippen molar-refractivity contribution in [3.8, 4) is 0 Å². The van der Waals surface area contributed by atoms with Gasteiger partial charge >= 0.3 is 6.03 Å². The van der Waals surface area contributed by atoms with Crippen LogP contribution in [0.15, 0.2) is 5.16 Å². The molecule has 140 valence electrons. The zero-order valence-electron chi connectivity index (χ0n) is 15.0. The van der Waals surface area contributed by atoms with Gasteiger partial charge in [-0.05, 0) is 38.4 Å². The van der Waals surface area contributed by atoms with Crippen molar-refractivity contribution in [3.63, 3.8) is 0 Å². The first-order valence-electron chi connectivity index (χ1n) is 9.39. The lowest BCUT2D eigenvalue weighted by molar-refractivity contribution is 0.111. The number of rotatable bonds is 8. The molecular weight excluding hydrogens is 338 g/mol. The predicted molar refractivity (Wildman–Crippen MR) is 98.0 cm³/mol. The van der Waals surface area contributed by atoms with Crippen molar-refractivity contribution in [3.05, 3.63) is 5.82 Å². The van der Waals surface area contributed by atoms with Crippen LogP contribution in [0.1, 0.15) is 56.8 Å². The van der Waals surface area contributed by atoms with Gasteiger partial charge in [0.15, 0.2) is 5.16 Å². The highest BCUT2D eigenvalue weighted by molar-refractivity contribution is 7.98. The second-order valence-corrected chi connectivity index (χ2v) is 7.56. The third-order valence-corrected chi connectivity index (χ3v) is 5.63. The molecule has 1 aliphatic heterocycles. The molecule has 2 fully saturated rings. The third kappa shape index (κ3) is 5.10. The van der Waals surface area contributed by atoms with Crippen molar-refractivity contribution < 1.29 is 9.53 Å². The normalized spacial score (nSPS) is 20.9. The summed E-state index contributed by atoms with van der Waals surface area (Å²) in [6, 6.07) is 0.438. The number of nitrogens with one attached hydrogen (secondary N) is 2. The molecule has 2 N–H and O–H groups in total. The van der Waals surface area contributed by atoms with E-state index >= 15 is 0 Å². The summed E-state index contributed by atoms with van der Waals surface area (Å²) in [5.74, 6) is 1.05. The topological polar surface area (TPSA) is 81.1 Å². The molecule has 0 unspecified atom stereocenters. The number of hydrogen-bond donors (Lipinski definition) is 2. The number of thioether (sulfide) groups is 1. The Hall–Kier alpha value is -1.28. The molecule has 0 spiro atoms. The van der Waals surface area contributed by atoms with E-state index in [2.05, 4.69) is 31.7 Å². The van der Waals surface area contributed by atoms with Gasteiger partial charge in [-0.1, -0.05) is 24.6 Å². The third-order valence-electron chi connectivity index (χ3n) is 4.98. The minimum Gasteiger partial charge on any atom is -0.376 e. The first-order valence-corrected chi connectivity index (χ1v) is 10.6. The average Bonchev–Trinajstić information content (AvgIpc) is 3.38. The molecule has 1 aromatic heterocycles. The summed E-state index contributed by atoms with van der Waals surface area (Å²) in [4.78, 5) is 11.8. The average molecular weight is 368 g/mol. The minimum atomic E-state index is -0.113. The first-order chi connectivity index (χ1) is 12.3. The summed E-state index contributed by atoms with van der Waals surface area (Å²) < 4.78 is 7.83. The Labute approximate surface area is 153 Å². The molecule has 25 heavy (non-hydrogen) atoms. The van der Waals surface area contributed by atoms with E-state index in [-0.39, 0.29) is 12.1 Å². The molecule has 1 aromatic rings. The maximum absolute atomic E-state index is 11.8. The van der Waals surface area contributed by atoms with Crippen molar-refractivity contribution in [2.75, 3.05) is 26.0 Å². The van der Waals surface area contributed by atoms with Crippen LogP contribution in [-0.4, -0.2) is 52.9 Å². The summed E-state index contributed by atoms with van der Waals surface area (Å²) in [7, 11) is 0. The van der Waals surface area contributed by atoms with Gasteiger partial charge in [-0.2, -0.15) is 0 Å². The van der Waals surface area contributed by atoms with Gasteiger partial charge < -0.3 is 19.9 Å². The van der Waals surface area contributed by atoms with E-state index in [1.165, 1.54) is 25.7 Å². The van der Waals surface area contributed by atoms with Crippen LogP contribution in [-0.2, 0) is 11.2 Å². The van der Waals surface area contributed by atoms with Crippen molar-refractivity contribution in [1.82, 2.24) is 25.4 Å². The lowest BCUT2D eigenvalue weighted by atomic mass is 10.2. The maximum Gasteiger partial charge on any atom is 0.314 e. The summed E-state index contributed by atoms with van der Waals surface area (Å²) in [6.45, 7) is 2.05. The van der Waals surface area contributed by atoms with Crippen molar-refractivity contribution in [2.45, 2.75) is 68.7 Å². The molecule has 8 heteroatoms. The zero-order chi connectivity index (χ0) is 17.5. The number of urea groups is 1. The zero-order valence-corrected chi connectivity index (χ0v) is 15.8. The molecule has 2 aliphatic rings. The van der Waals surface area contributed by atoms with Gasteiger partial charge in [0.1, 0.15) is 5.82 Å². The predicted octanol–water partition coefficient (Wildman–Crippen LogP) is 2.53. The van der Waals surface area contributed by atoms with E-state index in [0.717, 1.165) is 43.3 Å². The Morgan fingerprint density at radius 3 is 2.80 bits per heavy atom. The quantitative estimate of drug-likeness (QED) is 0.545. The fourth-order valence-corrected chi connectivity index (χ4v) is 4.24. The van der Waals surface area contributed by atoms with Crippen LogP contribution >= 0.6 is 11.8 Å². The lowest BCUT2D eigenvalue weighted by Crippen LogP contribution is -2.40. The minimum absolute atomic E-state index is 0.113. The van der Waals surface area contributed by atoms with Gasteiger partial charge in [0.2, 0.25) is 0 Å². The van der Waals surface area contributed by atoms with E-state index in [1.54, 1.807) is 11.8 Å². The van der Waals surface area contributed by atoms with E-state index in [0.29, 0.717) is 19.1 Å². The van der Waals surface area contributed by atoms with Crippen molar-refractivity contribution in [2.24, 2.45) is 0 Å². The number of aromatic nitrogens is 3. The summed E-state index contributed by atoms with van der Waals surface area (Å²) in [5, 5.41) is 15.5. The van der Waals surface area contributed by atoms with Crippen molar-refractivity contribution in [1.29, 1.82) is 0 Å². The van der Waals surface area contributed by atoms with Crippen molar-refractivity contribution >= 4 is 17.8 Å². The Balaban J connectivity index is 1.39. The molecule has 7 nitrogen and oxygen atoms in total. The van der Waals surface area contributed by atoms with Gasteiger partial charge in [-0.25, -0.2) is 4.79 Å². The highest BCUT2D eigenvalue weighted by atomic mass is 32.2. The Morgan fingerprint density at radius 2 is 2.08 bits per heavy atom. The highest BCUT2D eigenvalue weighted by Crippen LogP contribution is 2.33. The number of aryl methyl sites for hydroxylation is 1. The smallest absolute Gasteiger partial charge is 0.314 e. The Bertz CT molecular complexity index is 553. The first kappa shape index (κ1) is 18.5. The van der Waals surface area contributed by atoms with Gasteiger partial charge in [-0.3, -0.25) is 0 Å². The second kappa shape index (κ2) is 9.43. The van der Waals surface area contributed by atoms with Gasteiger partial charge in [0.25, 0.3) is 0 Å². The molecular formula is C17H29N5O2S. The van der Waals surface area contributed by atoms with Crippen LogP contribution in [0.25, 0.3) is 0 Å². The van der Waals surface area contributed by atoms with Crippen LogP contribution in [0.5, 0.6) is 0 Å². The largest absolute Gasteiger partial charge is 0.376 e. The lowest BCUT2D eigenvalue weighted by Gasteiger charge is -2.16. The molecule has 1 atom stereocenters. The molecule has 1 aliphatic carbocycles. The Morgan fingerprint density at radius 1 is 1.24 bits per heavy atom. The number of carbonyl (C=O) groups is 1. The van der Waals surface area contributed by atoms with Crippen LogP contribution in [0.2, 0.25) is 0 Å². The van der Waals surface area contributed by atoms with E-state index < -0.39 is 0 Å². The summed E-state index contributed by atoms with van der Waals surface area (Å²) >= 11 is 1.66. The number of nitrogens with zero attached hydrogens (tertiary/aromatic N) is 3. The standard InChI is InChI=1S/C17H29N5O2S/c1-25-17-21-20-15(22(17)13-6-2-3-7-13)9-4-10-18-16(23)19-12-14-8-5-11-24-14/h13-14H,2-12H2,1H3,(H2,18,19,23)/t14-/m1/s1.